The summed E-state index contributed by atoms with van der Waals surface area (Å²) in [7, 11) is 1.56. The molecule has 1 amide bonds. The first-order chi connectivity index (χ1) is 16.9. The van der Waals surface area contributed by atoms with Crippen LogP contribution in [0.1, 0.15) is 27.8 Å². The van der Waals surface area contributed by atoms with E-state index in [9.17, 15) is 9.59 Å². The number of rotatable bonds is 7. The maximum Gasteiger partial charge on any atom is 0.358 e. The zero-order valence-electron chi connectivity index (χ0n) is 18.8. The molecule has 4 rings (SSSR count). The number of pyridine rings is 1. The lowest BCUT2D eigenvalue weighted by molar-refractivity contribution is 0.0518. The van der Waals surface area contributed by atoms with E-state index in [1.54, 1.807) is 49.0 Å². The van der Waals surface area contributed by atoms with Gasteiger partial charge in [0, 0.05) is 17.4 Å². The predicted octanol–water partition coefficient (Wildman–Crippen LogP) is 5.68. The molecule has 0 saturated heterocycles. The van der Waals surface area contributed by atoms with E-state index in [4.69, 9.17) is 32.7 Å². The highest BCUT2D eigenvalue weighted by molar-refractivity contribution is 6.35. The van der Waals surface area contributed by atoms with Gasteiger partial charge >= 0.3 is 5.97 Å². The van der Waals surface area contributed by atoms with Crippen LogP contribution in [0.4, 0.5) is 5.69 Å². The van der Waals surface area contributed by atoms with Crippen molar-refractivity contribution in [2.24, 2.45) is 0 Å². The van der Waals surface area contributed by atoms with Crippen LogP contribution in [-0.2, 0) is 4.74 Å². The monoisotopic (exact) mass is 510 g/mol. The number of ether oxygens (including phenoxy) is 2. The number of halogens is 2. The van der Waals surface area contributed by atoms with Gasteiger partial charge in [-0.1, -0.05) is 47.5 Å². The third-order valence-corrected chi connectivity index (χ3v) is 5.48. The van der Waals surface area contributed by atoms with Crippen molar-refractivity contribution in [2.75, 3.05) is 19.0 Å². The lowest BCUT2D eigenvalue weighted by Gasteiger charge is -2.13. The minimum Gasteiger partial charge on any atom is -0.494 e. The van der Waals surface area contributed by atoms with E-state index < -0.39 is 11.9 Å². The number of nitrogens with zero attached hydrogens (tertiary/aromatic N) is 3. The quantitative estimate of drug-likeness (QED) is 0.254. The van der Waals surface area contributed by atoms with Crippen LogP contribution in [-0.4, -0.2) is 40.4 Å². The number of hydrogen-bond acceptors (Lipinski definition) is 6. The molecule has 0 fully saturated rings. The predicted molar refractivity (Wildman–Crippen MR) is 134 cm³/mol. The van der Waals surface area contributed by atoms with Gasteiger partial charge in [0.15, 0.2) is 5.69 Å². The summed E-state index contributed by atoms with van der Waals surface area (Å²) < 4.78 is 12.2. The Morgan fingerprint density at radius 1 is 1.06 bits per heavy atom. The number of para-hydroxylation sites is 2. The largest absolute Gasteiger partial charge is 0.494 e. The van der Waals surface area contributed by atoms with Crippen molar-refractivity contribution < 1.29 is 19.1 Å². The second-order valence-electron chi connectivity index (χ2n) is 7.25. The van der Waals surface area contributed by atoms with Crippen molar-refractivity contribution in [3.8, 4) is 22.7 Å². The topological polar surface area (TPSA) is 95.3 Å². The summed E-state index contributed by atoms with van der Waals surface area (Å²) in [6, 6.07) is 17.4. The smallest absolute Gasteiger partial charge is 0.358 e. The van der Waals surface area contributed by atoms with Gasteiger partial charge in [0.05, 0.1) is 30.0 Å². The Morgan fingerprint density at radius 3 is 2.63 bits per heavy atom. The third-order valence-electron chi connectivity index (χ3n) is 4.97. The third kappa shape index (κ3) is 5.29. The highest BCUT2D eigenvalue weighted by atomic mass is 35.5. The van der Waals surface area contributed by atoms with Gasteiger partial charge in [-0.05, 0) is 43.3 Å². The highest BCUT2D eigenvalue weighted by Gasteiger charge is 2.20. The molecule has 0 bridgehead atoms. The Bertz CT molecular complexity index is 1400. The fraction of sp³-hybridized carbons (Fsp3) is 0.120. The fourth-order valence-electron chi connectivity index (χ4n) is 3.42. The number of carbonyl (C=O) groups is 2. The zero-order chi connectivity index (χ0) is 24.9. The zero-order valence-corrected chi connectivity index (χ0v) is 20.3. The van der Waals surface area contributed by atoms with Gasteiger partial charge in [-0.2, -0.15) is 5.10 Å². The van der Waals surface area contributed by atoms with Crippen LogP contribution in [0.15, 0.2) is 66.9 Å². The van der Waals surface area contributed by atoms with Crippen LogP contribution in [0.5, 0.6) is 5.75 Å². The number of amides is 1. The van der Waals surface area contributed by atoms with Gasteiger partial charge < -0.3 is 14.8 Å². The van der Waals surface area contributed by atoms with Crippen molar-refractivity contribution in [1.29, 1.82) is 0 Å². The molecule has 0 aliphatic heterocycles. The van der Waals surface area contributed by atoms with Gasteiger partial charge in [0.25, 0.3) is 5.91 Å². The lowest BCUT2D eigenvalue weighted by atomic mass is 10.1. The molecular weight excluding hydrogens is 491 g/mol. The maximum atomic E-state index is 12.8. The first kappa shape index (κ1) is 24.3. The molecule has 8 nitrogen and oxygen atoms in total. The van der Waals surface area contributed by atoms with Crippen LogP contribution in [0.2, 0.25) is 10.2 Å². The standard InChI is InChI=1S/C25H20Cl2N4O4/c1-3-35-25(33)19-13-21(31(30-19)20-9-4-5-10-22(20)34-2)15-7-6-8-17(11-15)29-24(32)18-12-16(26)14-28-23(18)27/h4-14H,3H2,1-2H3,(H,29,32). The first-order valence-electron chi connectivity index (χ1n) is 10.5. The molecule has 10 heteroatoms. The minimum absolute atomic E-state index is 0.0383. The summed E-state index contributed by atoms with van der Waals surface area (Å²) in [4.78, 5) is 29.1. The van der Waals surface area contributed by atoms with Crippen molar-refractivity contribution in [3.05, 3.63) is 88.3 Å². The lowest BCUT2D eigenvalue weighted by Crippen LogP contribution is -2.13. The molecule has 35 heavy (non-hydrogen) atoms. The summed E-state index contributed by atoms with van der Waals surface area (Å²) >= 11 is 12.0. The molecule has 0 aliphatic rings. The van der Waals surface area contributed by atoms with Crippen LogP contribution < -0.4 is 10.1 Å². The summed E-state index contributed by atoms with van der Waals surface area (Å²) in [6.07, 6.45) is 1.36. The van der Waals surface area contributed by atoms with Crippen LogP contribution in [0.3, 0.4) is 0 Å². The Morgan fingerprint density at radius 2 is 1.86 bits per heavy atom. The summed E-state index contributed by atoms with van der Waals surface area (Å²) in [5.74, 6) is -0.442. The Hall–Kier alpha value is -3.88. The number of aromatic nitrogens is 3. The second-order valence-corrected chi connectivity index (χ2v) is 8.04. The van der Waals surface area contributed by atoms with E-state index in [-0.39, 0.29) is 23.0 Å². The van der Waals surface area contributed by atoms with Crippen molar-refractivity contribution >= 4 is 40.8 Å². The van der Waals surface area contributed by atoms with Gasteiger partial charge in [0.2, 0.25) is 0 Å². The van der Waals surface area contributed by atoms with Crippen LogP contribution in [0.25, 0.3) is 16.9 Å². The average Bonchev–Trinajstić information content (AvgIpc) is 3.31. The molecule has 2 heterocycles. The fourth-order valence-corrected chi connectivity index (χ4v) is 3.76. The SMILES string of the molecule is CCOC(=O)c1cc(-c2cccc(NC(=O)c3cc(Cl)cnc3Cl)c2)n(-c2ccccc2OC)n1. The molecular formula is C25H20Cl2N4O4. The van der Waals surface area contributed by atoms with E-state index in [1.165, 1.54) is 12.3 Å². The van der Waals surface area contributed by atoms with E-state index >= 15 is 0 Å². The normalized spacial score (nSPS) is 10.6. The van der Waals surface area contributed by atoms with E-state index in [0.717, 1.165) is 0 Å². The number of methoxy groups -OCH3 is 1. The molecule has 178 valence electrons. The number of esters is 1. The van der Waals surface area contributed by atoms with Crippen LogP contribution >= 0.6 is 23.2 Å². The average molecular weight is 511 g/mol. The van der Waals surface area contributed by atoms with Crippen LogP contribution in [0, 0.1) is 0 Å². The molecule has 4 aromatic rings. The first-order valence-corrected chi connectivity index (χ1v) is 11.3. The summed E-state index contributed by atoms with van der Waals surface area (Å²) in [6.45, 7) is 1.95. The number of carbonyl (C=O) groups excluding carboxylic acids is 2. The van der Waals surface area contributed by atoms with Crippen molar-refractivity contribution in [2.45, 2.75) is 6.92 Å². The van der Waals surface area contributed by atoms with Gasteiger partial charge in [-0.15, -0.1) is 0 Å². The van der Waals surface area contributed by atoms with Gasteiger partial charge in [-0.25, -0.2) is 14.5 Å². The van der Waals surface area contributed by atoms with Crippen molar-refractivity contribution in [3.63, 3.8) is 0 Å². The molecule has 0 saturated carbocycles. The highest BCUT2D eigenvalue weighted by Crippen LogP contribution is 2.31. The molecule has 1 N–H and O–H groups in total. The van der Waals surface area contributed by atoms with E-state index in [1.807, 2.05) is 24.3 Å². The number of benzene rings is 2. The summed E-state index contributed by atoms with van der Waals surface area (Å²) in [5.41, 5.74) is 2.69. The number of nitrogens with one attached hydrogen (secondary N) is 1. The molecule has 0 atom stereocenters. The van der Waals surface area contributed by atoms with E-state index in [2.05, 4.69) is 15.4 Å². The Kier molecular flexibility index (Phi) is 7.33. The van der Waals surface area contributed by atoms with Gasteiger partial charge in [-0.3, -0.25) is 4.79 Å². The molecule has 0 aliphatic carbocycles. The molecule has 0 spiro atoms. The second kappa shape index (κ2) is 10.6. The number of anilines is 1. The Labute approximate surface area is 211 Å². The molecule has 2 aromatic carbocycles. The summed E-state index contributed by atoms with van der Waals surface area (Å²) in [5, 5.41) is 7.61. The van der Waals surface area contributed by atoms with E-state index in [0.29, 0.717) is 33.4 Å². The maximum absolute atomic E-state index is 12.8. The Balaban J connectivity index is 1.75. The minimum atomic E-state index is -0.546. The van der Waals surface area contributed by atoms with Crippen molar-refractivity contribution in [1.82, 2.24) is 14.8 Å². The molecule has 0 radical (unpaired) electrons. The molecule has 2 aromatic heterocycles. The van der Waals surface area contributed by atoms with Gasteiger partial charge in [0.1, 0.15) is 16.6 Å². The number of hydrogen-bond donors (Lipinski definition) is 1. The molecule has 0 unspecified atom stereocenters.